The Kier molecular flexibility index (Phi) is 12.3. The van der Waals surface area contributed by atoms with Gasteiger partial charge in [-0.3, -0.25) is 0 Å². The Hall–Kier alpha value is -2.26. The second kappa shape index (κ2) is 14.1. The molecule has 186 valence electrons. The Morgan fingerprint density at radius 3 is 2.24 bits per heavy atom. The van der Waals surface area contributed by atoms with E-state index in [0.29, 0.717) is 22.6 Å². The number of carbonyl (C=O) groups excluding carboxylic acids is 1. The molecule has 1 aliphatic heterocycles. The summed E-state index contributed by atoms with van der Waals surface area (Å²) in [6, 6.07) is 5.21. The van der Waals surface area contributed by atoms with Crippen molar-refractivity contribution in [3.05, 3.63) is 35.0 Å². The lowest BCUT2D eigenvalue weighted by molar-refractivity contribution is -0.140. The lowest BCUT2D eigenvalue weighted by Gasteiger charge is -2.20. The highest BCUT2D eigenvalue weighted by Crippen LogP contribution is 2.33. The molecule has 0 spiro atoms. The molecule has 33 heavy (non-hydrogen) atoms. The van der Waals surface area contributed by atoms with Crippen molar-refractivity contribution < 1.29 is 18.0 Å². The molecule has 1 fully saturated rings. The van der Waals surface area contributed by atoms with Crippen LogP contribution in [0.15, 0.2) is 24.3 Å². The van der Waals surface area contributed by atoms with Gasteiger partial charge in [-0.2, -0.15) is 13.2 Å². The number of amides is 2. The maximum Gasteiger partial charge on any atom is 0.433 e. The number of rotatable bonds is 4. The van der Waals surface area contributed by atoms with Gasteiger partial charge in [0, 0.05) is 36.2 Å². The van der Waals surface area contributed by atoms with Gasteiger partial charge < -0.3 is 20.9 Å². The molecule has 0 unspecified atom stereocenters. The number of pyridine rings is 1. The van der Waals surface area contributed by atoms with Crippen LogP contribution in [-0.2, 0) is 6.18 Å². The fourth-order valence-corrected chi connectivity index (χ4v) is 3.47. The van der Waals surface area contributed by atoms with E-state index in [-0.39, 0.29) is 11.5 Å². The Labute approximate surface area is 199 Å². The average Bonchev–Trinajstić information content (AvgIpc) is 2.77. The highest BCUT2D eigenvalue weighted by molar-refractivity contribution is 6.31. The van der Waals surface area contributed by atoms with Crippen molar-refractivity contribution in [3.63, 3.8) is 0 Å². The van der Waals surface area contributed by atoms with E-state index >= 15 is 0 Å². The van der Waals surface area contributed by atoms with Gasteiger partial charge in [0.15, 0.2) is 0 Å². The number of halogens is 4. The SMILES string of the molecule is CCCN(CC)C(N)=O.CN1CCCCC1.CNc1cc(C(F)(F)F)nc2ccc(Cl)cc12. The molecule has 0 saturated carbocycles. The van der Waals surface area contributed by atoms with Crippen LogP contribution in [0.4, 0.5) is 23.7 Å². The zero-order chi connectivity index (χ0) is 25.0. The van der Waals surface area contributed by atoms with Gasteiger partial charge in [-0.1, -0.05) is 24.9 Å². The summed E-state index contributed by atoms with van der Waals surface area (Å²) in [5.74, 6) is 0. The second-order valence-corrected chi connectivity index (χ2v) is 8.18. The van der Waals surface area contributed by atoms with Crippen LogP contribution >= 0.6 is 11.6 Å². The van der Waals surface area contributed by atoms with Gasteiger partial charge >= 0.3 is 12.2 Å². The highest BCUT2D eigenvalue weighted by Gasteiger charge is 2.33. The number of hydrogen-bond donors (Lipinski definition) is 2. The number of anilines is 1. The quantitative estimate of drug-likeness (QED) is 0.565. The number of benzene rings is 1. The average molecular weight is 490 g/mol. The Morgan fingerprint density at radius 2 is 1.85 bits per heavy atom. The van der Waals surface area contributed by atoms with Crippen molar-refractivity contribution in [2.45, 2.75) is 45.7 Å². The van der Waals surface area contributed by atoms with E-state index in [2.05, 4.69) is 22.2 Å². The van der Waals surface area contributed by atoms with Crippen molar-refractivity contribution in [1.29, 1.82) is 0 Å². The van der Waals surface area contributed by atoms with E-state index in [4.69, 9.17) is 17.3 Å². The van der Waals surface area contributed by atoms with Crippen molar-refractivity contribution in [3.8, 4) is 0 Å². The molecule has 10 heteroatoms. The van der Waals surface area contributed by atoms with Crippen LogP contribution in [-0.4, -0.2) is 61.1 Å². The van der Waals surface area contributed by atoms with Crippen molar-refractivity contribution in [2.24, 2.45) is 5.73 Å². The van der Waals surface area contributed by atoms with Crippen molar-refractivity contribution >= 4 is 34.2 Å². The third-order valence-electron chi connectivity index (χ3n) is 5.10. The smallest absolute Gasteiger partial charge is 0.388 e. The van der Waals surface area contributed by atoms with Gasteiger partial charge in [0.05, 0.1) is 5.52 Å². The van der Waals surface area contributed by atoms with Gasteiger partial charge in [-0.15, -0.1) is 0 Å². The molecule has 0 aliphatic carbocycles. The van der Waals surface area contributed by atoms with Crippen LogP contribution in [0.3, 0.4) is 0 Å². The van der Waals surface area contributed by atoms with Gasteiger partial charge in [-0.25, -0.2) is 9.78 Å². The van der Waals surface area contributed by atoms with Crippen LogP contribution in [0.1, 0.15) is 45.2 Å². The fraction of sp³-hybridized carbons (Fsp3) is 0.565. The molecule has 2 amide bonds. The minimum atomic E-state index is -4.46. The third kappa shape index (κ3) is 10.0. The Morgan fingerprint density at radius 1 is 1.21 bits per heavy atom. The minimum Gasteiger partial charge on any atom is -0.388 e. The number of piperidine rings is 1. The molecule has 0 atom stereocenters. The lowest BCUT2D eigenvalue weighted by atomic mass is 10.1. The summed E-state index contributed by atoms with van der Waals surface area (Å²) in [5.41, 5.74) is 4.71. The van der Waals surface area contributed by atoms with E-state index in [1.807, 2.05) is 13.8 Å². The molecule has 1 aliphatic rings. The maximum atomic E-state index is 12.6. The van der Waals surface area contributed by atoms with E-state index in [1.165, 1.54) is 44.5 Å². The van der Waals surface area contributed by atoms with E-state index in [0.717, 1.165) is 19.0 Å². The highest BCUT2D eigenvalue weighted by atomic mass is 35.5. The molecule has 0 radical (unpaired) electrons. The predicted molar refractivity (Wildman–Crippen MR) is 130 cm³/mol. The summed E-state index contributed by atoms with van der Waals surface area (Å²) in [5, 5.41) is 3.73. The van der Waals surface area contributed by atoms with Gasteiger partial charge in [-0.05, 0) is 70.6 Å². The standard InChI is InChI=1S/C11H8ClF3N2.C6H14N2O.C6H13N/c1-16-9-5-10(11(13,14)15)17-8-3-2-6(12)4-7(8)9;1-3-5-8(4-2)6(7)9;1-7-5-3-2-4-6-7/h2-5H,1H3,(H,16,17);3-5H2,1-2H3,(H2,7,9);2-6H2,1H3. The van der Waals surface area contributed by atoms with Gasteiger partial charge in [0.1, 0.15) is 5.69 Å². The van der Waals surface area contributed by atoms with Crippen molar-refractivity contribution in [1.82, 2.24) is 14.8 Å². The lowest BCUT2D eigenvalue weighted by Crippen LogP contribution is -2.35. The molecule has 3 N–H and O–H groups in total. The zero-order valence-electron chi connectivity index (χ0n) is 19.8. The summed E-state index contributed by atoms with van der Waals surface area (Å²) < 4.78 is 37.8. The first-order valence-corrected chi connectivity index (χ1v) is 11.5. The molecule has 6 nitrogen and oxygen atoms in total. The maximum absolute atomic E-state index is 12.6. The first-order valence-electron chi connectivity index (χ1n) is 11.1. The molecular formula is C23H35ClF3N5O. The molecule has 2 aromatic rings. The van der Waals surface area contributed by atoms with Gasteiger partial charge in [0.2, 0.25) is 0 Å². The first kappa shape index (κ1) is 28.8. The van der Waals surface area contributed by atoms with Crippen LogP contribution in [0.2, 0.25) is 5.02 Å². The zero-order valence-corrected chi connectivity index (χ0v) is 20.6. The number of hydrogen-bond acceptors (Lipinski definition) is 4. The number of alkyl halides is 3. The largest absolute Gasteiger partial charge is 0.433 e. The third-order valence-corrected chi connectivity index (χ3v) is 5.33. The van der Waals surface area contributed by atoms with Crippen LogP contribution in [0.25, 0.3) is 10.9 Å². The number of nitrogens with one attached hydrogen (secondary N) is 1. The minimum absolute atomic E-state index is 0.258. The predicted octanol–water partition coefficient (Wildman–Crippen LogP) is 5.85. The number of urea groups is 1. The monoisotopic (exact) mass is 489 g/mol. The number of nitrogens with two attached hydrogens (primary N) is 1. The van der Waals surface area contributed by atoms with E-state index < -0.39 is 11.9 Å². The number of carbonyl (C=O) groups is 1. The second-order valence-electron chi connectivity index (χ2n) is 7.75. The van der Waals surface area contributed by atoms with E-state index in [1.54, 1.807) is 18.0 Å². The number of nitrogens with zero attached hydrogens (tertiary/aromatic N) is 3. The summed E-state index contributed by atoms with van der Waals surface area (Å²) in [4.78, 5) is 18.0. The molecule has 1 saturated heterocycles. The molecule has 2 heterocycles. The number of aromatic nitrogens is 1. The Balaban J connectivity index is 0.000000285. The summed E-state index contributed by atoms with van der Waals surface area (Å²) in [6.45, 7) is 8.06. The fourth-order valence-electron chi connectivity index (χ4n) is 3.30. The number of primary amides is 1. The van der Waals surface area contributed by atoms with Crippen molar-refractivity contribution in [2.75, 3.05) is 45.6 Å². The number of likely N-dealkylation sites (tertiary alicyclic amines) is 1. The Bertz CT molecular complexity index is 873. The normalized spacial score (nSPS) is 13.9. The summed E-state index contributed by atoms with van der Waals surface area (Å²) in [6.07, 6.45) is 0.785. The van der Waals surface area contributed by atoms with Crippen LogP contribution in [0, 0.1) is 0 Å². The van der Waals surface area contributed by atoms with Crippen LogP contribution in [0.5, 0.6) is 0 Å². The topological polar surface area (TPSA) is 74.5 Å². The molecule has 0 bridgehead atoms. The summed E-state index contributed by atoms with van der Waals surface area (Å²) >= 11 is 5.80. The molecule has 1 aromatic heterocycles. The number of fused-ring (bicyclic) bond motifs is 1. The summed E-state index contributed by atoms with van der Waals surface area (Å²) in [7, 11) is 3.75. The van der Waals surface area contributed by atoms with Gasteiger partial charge in [0.25, 0.3) is 0 Å². The first-order chi connectivity index (χ1) is 15.5. The molecular weight excluding hydrogens is 455 g/mol. The molecule has 3 rings (SSSR count). The van der Waals surface area contributed by atoms with E-state index in [9.17, 15) is 18.0 Å². The van der Waals surface area contributed by atoms with Crippen LogP contribution < -0.4 is 11.1 Å². The molecule has 1 aromatic carbocycles.